The molecule has 1 rings (SSSR count). The Labute approximate surface area is 107 Å². The third-order valence-electron chi connectivity index (χ3n) is 4.55. The van der Waals surface area contributed by atoms with Gasteiger partial charge in [-0.3, -0.25) is 0 Å². The molecule has 102 valence electrons. The first kappa shape index (κ1) is 14.9. The van der Waals surface area contributed by atoms with Crippen molar-refractivity contribution in [2.75, 3.05) is 14.1 Å². The van der Waals surface area contributed by atoms with E-state index in [1.54, 1.807) is 0 Å². The summed E-state index contributed by atoms with van der Waals surface area (Å²) in [7, 11) is 4.18. The normalized spacial score (nSPS) is 29.6. The van der Waals surface area contributed by atoms with E-state index in [0.717, 1.165) is 6.42 Å². The molecule has 0 spiro atoms. The Morgan fingerprint density at radius 2 is 1.71 bits per heavy atom. The fourth-order valence-electron chi connectivity index (χ4n) is 2.95. The molecule has 0 bridgehead atoms. The number of nitrogens with two attached hydrogens (primary N) is 1. The van der Waals surface area contributed by atoms with Gasteiger partial charge >= 0.3 is 0 Å². The zero-order chi connectivity index (χ0) is 13.6. The van der Waals surface area contributed by atoms with Gasteiger partial charge in [-0.25, -0.2) is 0 Å². The van der Waals surface area contributed by atoms with Crippen LogP contribution in [0.2, 0.25) is 0 Å². The fourth-order valence-corrected chi connectivity index (χ4v) is 2.95. The predicted octanol–water partition coefficient (Wildman–Crippen LogP) is 2.25. The first-order valence-electron chi connectivity index (χ1n) is 6.53. The molecule has 0 aliphatic carbocycles. The van der Waals surface area contributed by atoms with Gasteiger partial charge in [0, 0.05) is 17.5 Å². The first-order chi connectivity index (χ1) is 7.40. The number of rotatable bonds is 3. The molecule has 0 aromatic carbocycles. The standard InChI is InChI=1S/C14H30N2O/c1-12(2)9-10(14(5,6)17-12)11(15)13(3,4)16(7)8/h10-11H,9,15H2,1-8H3. The van der Waals surface area contributed by atoms with Crippen LogP contribution >= 0.6 is 0 Å². The van der Waals surface area contributed by atoms with E-state index in [-0.39, 0.29) is 22.8 Å². The zero-order valence-corrected chi connectivity index (χ0v) is 12.8. The quantitative estimate of drug-likeness (QED) is 0.825. The van der Waals surface area contributed by atoms with Crippen molar-refractivity contribution in [3.8, 4) is 0 Å². The molecule has 0 radical (unpaired) electrons. The Hall–Kier alpha value is -0.120. The topological polar surface area (TPSA) is 38.5 Å². The first-order valence-corrected chi connectivity index (χ1v) is 6.53. The molecular formula is C14H30N2O. The minimum Gasteiger partial charge on any atom is -0.369 e. The molecule has 1 heterocycles. The van der Waals surface area contributed by atoms with E-state index < -0.39 is 0 Å². The smallest absolute Gasteiger partial charge is 0.0678 e. The van der Waals surface area contributed by atoms with E-state index in [1.165, 1.54) is 0 Å². The molecule has 0 aromatic heterocycles. The van der Waals surface area contributed by atoms with E-state index in [1.807, 2.05) is 0 Å². The number of ether oxygens (including phenoxy) is 1. The van der Waals surface area contributed by atoms with Gasteiger partial charge in [-0.05, 0) is 62.1 Å². The molecule has 3 heteroatoms. The van der Waals surface area contributed by atoms with Gasteiger partial charge in [-0.1, -0.05) is 0 Å². The minimum absolute atomic E-state index is 0.0221. The summed E-state index contributed by atoms with van der Waals surface area (Å²) in [6, 6.07) is 0.106. The van der Waals surface area contributed by atoms with Gasteiger partial charge < -0.3 is 15.4 Å². The minimum atomic E-state index is -0.143. The Kier molecular flexibility index (Phi) is 3.70. The van der Waals surface area contributed by atoms with Gasteiger partial charge in [0.05, 0.1) is 11.2 Å². The van der Waals surface area contributed by atoms with Crippen LogP contribution in [0.5, 0.6) is 0 Å². The molecule has 1 fully saturated rings. The lowest BCUT2D eigenvalue weighted by Gasteiger charge is -2.44. The average Bonchev–Trinajstić information content (AvgIpc) is 2.32. The molecule has 2 N–H and O–H groups in total. The van der Waals surface area contributed by atoms with Crippen LogP contribution in [0.4, 0.5) is 0 Å². The van der Waals surface area contributed by atoms with Crippen molar-refractivity contribution in [1.29, 1.82) is 0 Å². The summed E-state index contributed by atoms with van der Waals surface area (Å²) in [6.45, 7) is 13.1. The highest BCUT2D eigenvalue weighted by Gasteiger charge is 2.51. The Morgan fingerprint density at radius 1 is 1.24 bits per heavy atom. The maximum Gasteiger partial charge on any atom is 0.0678 e. The van der Waals surface area contributed by atoms with Gasteiger partial charge in [-0.2, -0.15) is 0 Å². The van der Waals surface area contributed by atoms with Crippen LogP contribution in [-0.4, -0.2) is 41.8 Å². The maximum atomic E-state index is 6.53. The average molecular weight is 242 g/mol. The van der Waals surface area contributed by atoms with Crippen LogP contribution < -0.4 is 5.73 Å². The molecule has 0 aromatic rings. The van der Waals surface area contributed by atoms with Crippen LogP contribution in [0.1, 0.15) is 48.0 Å². The second-order valence-corrected chi connectivity index (χ2v) is 7.35. The molecule has 1 aliphatic heterocycles. The van der Waals surface area contributed by atoms with Crippen molar-refractivity contribution in [3.05, 3.63) is 0 Å². The maximum absolute atomic E-state index is 6.53. The zero-order valence-electron chi connectivity index (χ0n) is 12.8. The van der Waals surface area contributed by atoms with E-state index in [2.05, 4.69) is 60.5 Å². The van der Waals surface area contributed by atoms with Crippen molar-refractivity contribution in [2.45, 2.75) is 70.7 Å². The van der Waals surface area contributed by atoms with E-state index in [9.17, 15) is 0 Å². The number of hydrogen-bond acceptors (Lipinski definition) is 3. The number of likely N-dealkylation sites (N-methyl/N-ethyl adjacent to an activating group) is 1. The summed E-state index contributed by atoms with van der Waals surface area (Å²) in [4.78, 5) is 2.21. The summed E-state index contributed by atoms with van der Waals surface area (Å²) < 4.78 is 6.15. The molecule has 0 saturated carbocycles. The summed E-state index contributed by atoms with van der Waals surface area (Å²) in [6.07, 6.45) is 1.03. The Bertz CT molecular complexity index is 282. The molecule has 1 saturated heterocycles. The third kappa shape index (κ3) is 2.83. The Balaban J connectivity index is 2.94. The van der Waals surface area contributed by atoms with Crippen LogP contribution in [0.3, 0.4) is 0 Å². The van der Waals surface area contributed by atoms with Gasteiger partial charge in [0.1, 0.15) is 0 Å². The van der Waals surface area contributed by atoms with Crippen molar-refractivity contribution >= 4 is 0 Å². The molecular weight excluding hydrogens is 212 g/mol. The van der Waals surface area contributed by atoms with Gasteiger partial charge in [0.15, 0.2) is 0 Å². The lowest BCUT2D eigenvalue weighted by atomic mass is 9.74. The summed E-state index contributed by atoms with van der Waals surface area (Å²) >= 11 is 0. The Morgan fingerprint density at radius 3 is 2.00 bits per heavy atom. The fraction of sp³-hybridized carbons (Fsp3) is 1.00. The van der Waals surface area contributed by atoms with Gasteiger partial charge in [0.2, 0.25) is 0 Å². The molecule has 2 atom stereocenters. The molecule has 3 nitrogen and oxygen atoms in total. The van der Waals surface area contributed by atoms with Crippen molar-refractivity contribution in [2.24, 2.45) is 11.7 Å². The lowest BCUT2D eigenvalue weighted by Crippen LogP contribution is -2.59. The SMILES string of the molecule is CN(C)C(C)(C)C(N)C1CC(C)(C)OC1(C)C. The van der Waals surface area contributed by atoms with Crippen molar-refractivity contribution in [1.82, 2.24) is 4.90 Å². The van der Waals surface area contributed by atoms with Crippen LogP contribution in [0.15, 0.2) is 0 Å². The number of nitrogens with zero attached hydrogens (tertiary/aromatic N) is 1. The third-order valence-corrected chi connectivity index (χ3v) is 4.55. The van der Waals surface area contributed by atoms with Crippen molar-refractivity contribution in [3.63, 3.8) is 0 Å². The van der Waals surface area contributed by atoms with Crippen LogP contribution in [-0.2, 0) is 4.74 Å². The second-order valence-electron chi connectivity index (χ2n) is 7.35. The highest BCUT2D eigenvalue weighted by atomic mass is 16.5. The predicted molar refractivity (Wildman–Crippen MR) is 73.1 cm³/mol. The molecule has 0 amide bonds. The highest BCUT2D eigenvalue weighted by molar-refractivity contribution is 5.04. The van der Waals surface area contributed by atoms with E-state index >= 15 is 0 Å². The monoisotopic (exact) mass is 242 g/mol. The van der Waals surface area contributed by atoms with E-state index in [4.69, 9.17) is 10.5 Å². The van der Waals surface area contributed by atoms with Gasteiger partial charge in [-0.15, -0.1) is 0 Å². The second kappa shape index (κ2) is 4.22. The molecule has 1 aliphatic rings. The molecule has 17 heavy (non-hydrogen) atoms. The lowest BCUT2D eigenvalue weighted by molar-refractivity contribution is -0.0809. The molecule has 2 unspecified atom stereocenters. The highest BCUT2D eigenvalue weighted by Crippen LogP contribution is 2.45. The van der Waals surface area contributed by atoms with Crippen molar-refractivity contribution < 1.29 is 4.74 Å². The van der Waals surface area contributed by atoms with E-state index in [0.29, 0.717) is 5.92 Å². The number of hydrogen-bond donors (Lipinski definition) is 1. The summed E-state index contributed by atoms with van der Waals surface area (Å²) in [5.41, 5.74) is 6.31. The largest absolute Gasteiger partial charge is 0.369 e. The summed E-state index contributed by atoms with van der Waals surface area (Å²) in [5.74, 6) is 0.384. The van der Waals surface area contributed by atoms with Gasteiger partial charge in [0.25, 0.3) is 0 Å². The van der Waals surface area contributed by atoms with Crippen LogP contribution in [0, 0.1) is 5.92 Å². The summed E-state index contributed by atoms with van der Waals surface area (Å²) in [5, 5.41) is 0. The van der Waals surface area contributed by atoms with Crippen LogP contribution in [0.25, 0.3) is 0 Å².